The van der Waals surface area contributed by atoms with Crippen LogP contribution in [-0.2, 0) is 6.42 Å². The summed E-state index contributed by atoms with van der Waals surface area (Å²) in [6.45, 7) is 7.47. The van der Waals surface area contributed by atoms with Crippen LogP contribution in [0.15, 0.2) is 18.2 Å². The van der Waals surface area contributed by atoms with Crippen LogP contribution in [0.5, 0.6) is 5.75 Å². The first-order valence-corrected chi connectivity index (χ1v) is 14.6. The summed E-state index contributed by atoms with van der Waals surface area (Å²) in [6.07, 6.45) is 24.0. The summed E-state index contributed by atoms with van der Waals surface area (Å²) in [7, 11) is 0. The first-order valence-electron chi connectivity index (χ1n) is 14.6. The molecule has 0 radical (unpaired) electrons. The number of benzene rings is 1. The molecule has 0 saturated carbocycles. The summed E-state index contributed by atoms with van der Waals surface area (Å²) in [5.41, 5.74) is 2.27. The van der Waals surface area contributed by atoms with Crippen LogP contribution in [-0.4, -0.2) is 18.3 Å². The number of aliphatic hydroxyl groups is 1. The van der Waals surface area contributed by atoms with Crippen LogP contribution >= 0.6 is 0 Å². The van der Waals surface area contributed by atoms with Gasteiger partial charge in [-0.2, -0.15) is 0 Å². The normalized spacial score (nSPS) is 11.8. The molecule has 0 fully saturated rings. The summed E-state index contributed by atoms with van der Waals surface area (Å²) in [5, 5.41) is 9.09. The first kappa shape index (κ1) is 30.6. The molecule has 34 heavy (non-hydrogen) atoms. The number of unbranched alkanes of at least 4 members (excludes halogenated alkanes) is 13. The molecule has 0 aromatic heterocycles. The molecule has 0 spiro atoms. The fraction of sp³-hybridized carbons (Fsp3) is 0.750. The van der Waals surface area contributed by atoms with Crippen molar-refractivity contribution in [1.82, 2.24) is 0 Å². The van der Waals surface area contributed by atoms with E-state index in [0.717, 1.165) is 30.8 Å². The molecular weight excluding hydrogens is 416 g/mol. The average Bonchev–Trinajstić information content (AvgIpc) is 2.85. The predicted molar refractivity (Wildman–Crippen MR) is 149 cm³/mol. The minimum absolute atomic E-state index is 0.103. The second-order valence-electron chi connectivity index (χ2n) is 10.0. The maximum atomic E-state index is 9.09. The third-order valence-electron chi connectivity index (χ3n) is 6.88. The standard InChI is InChI=1S/C32H54O2/c1-4-7-9-10-11-12-13-14-15-16-17-18-19-22-30-25-31(23-20-24-33)27-32(26-30)34-28-29(6-3)21-8-5-2/h25-27,29,33H,4-19,21-22,24,28H2,1-3H3. The number of hydrogen-bond acceptors (Lipinski definition) is 2. The maximum absolute atomic E-state index is 9.09. The van der Waals surface area contributed by atoms with Crippen LogP contribution in [0, 0.1) is 17.8 Å². The van der Waals surface area contributed by atoms with Crippen molar-refractivity contribution in [2.75, 3.05) is 13.2 Å². The number of hydrogen-bond donors (Lipinski definition) is 1. The topological polar surface area (TPSA) is 29.5 Å². The van der Waals surface area contributed by atoms with Crippen LogP contribution in [0.2, 0.25) is 0 Å². The van der Waals surface area contributed by atoms with E-state index in [1.807, 2.05) is 6.07 Å². The molecule has 0 heterocycles. The zero-order valence-electron chi connectivity index (χ0n) is 22.8. The van der Waals surface area contributed by atoms with Gasteiger partial charge in [0.05, 0.1) is 6.61 Å². The average molecular weight is 471 g/mol. The van der Waals surface area contributed by atoms with E-state index in [1.165, 1.54) is 108 Å². The molecule has 1 aromatic carbocycles. The number of ether oxygens (including phenoxy) is 1. The molecule has 0 amide bonds. The van der Waals surface area contributed by atoms with Crippen LogP contribution in [0.4, 0.5) is 0 Å². The molecule has 1 unspecified atom stereocenters. The SMILES string of the molecule is CCCCCCCCCCCCCCCc1cc(C#CCO)cc(OCC(CC)CCCC)c1. The van der Waals surface area contributed by atoms with E-state index in [0.29, 0.717) is 5.92 Å². The molecule has 194 valence electrons. The van der Waals surface area contributed by atoms with Crippen molar-refractivity contribution < 1.29 is 9.84 Å². The Morgan fingerprint density at radius 1 is 0.735 bits per heavy atom. The molecule has 1 N–H and O–H groups in total. The summed E-state index contributed by atoms with van der Waals surface area (Å²) in [5.74, 6) is 7.43. The second kappa shape index (κ2) is 22.0. The number of rotatable bonds is 21. The van der Waals surface area contributed by atoms with Gasteiger partial charge in [-0.3, -0.25) is 0 Å². The van der Waals surface area contributed by atoms with E-state index in [4.69, 9.17) is 9.84 Å². The molecule has 2 nitrogen and oxygen atoms in total. The Hall–Kier alpha value is -1.46. The second-order valence-corrected chi connectivity index (χ2v) is 10.0. The van der Waals surface area contributed by atoms with Crippen molar-refractivity contribution in [1.29, 1.82) is 0 Å². The van der Waals surface area contributed by atoms with Crippen molar-refractivity contribution in [3.8, 4) is 17.6 Å². The van der Waals surface area contributed by atoms with Crippen molar-refractivity contribution in [3.63, 3.8) is 0 Å². The Morgan fingerprint density at radius 3 is 1.88 bits per heavy atom. The van der Waals surface area contributed by atoms with Crippen molar-refractivity contribution in [2.24, 2.45) is 5.92 Å². The van der Waals surface area contributed by atoms with Crippen LogP contribution < -0.4 is 4.74 Å². The lowest BCUT2D eigenvalue weighted by molar-refractivity contribution is 0.233. The summed E-state index contributed by atoms with van der Waals surface area (Å²) in [6, 6.07) is 6.41. The van der Waals surface area contributed by atoms with E-state index in [9.17, 15) is 0 Å². The molecule has 2 heteroatoms. The Balaban J connectivity index is 2.33. The highest BCUT2D eigenvalue weighted by atomic mass is 16.5. The van der Waals surface area contributed by atoms with E-state index < -0.39 is 0 Å². The van der Waals surface area contributed by atoms with Crippen molar-refractivity contribution in [2.45, 2.75) is 136 Å². The van der Waals surface area contributed by atoms with Crippen LogP contribution in [0.25, 0.3) is 0 Å². The molecular formula is C32H54O2. The molecule has 0 aliphatic heterocycles. The van der Waals surface area contributed by atoms with Gasteiger partial charge in [0.1, 0.15) is 12.4 Å². The fourth-order valence-corrected chi connectivity index (χ4v) is 4.56. The Bertz CT molecular complexity index is 655. The smallest absolute Gasteiger partial charge is 0.120 e. The van der Waals surface area contributed by atoms with Crippen LogP contribution in [0.1, 0.15) is 141 Å². The molecule has 0 saturated heterocycles. The lowest BCUT2D eigenvalue weighted by atomic mass is 10.0. The van der Waals surface area contributed by atoms with E-state index in [1.54, 1.807) is 0 Å². The lowest BCUT2D eigenvalue weighted by Crippen LogP contribution is -2.11. The van der Waals surface area contributed by atoms with Crippen molar-refractivity contribution in [3.05, 3.63) is 29.3 Å². The van der Waals surface area contributed by atoms with E-state index in [-0.39, 0.29) is 6.61 Å². The predicted octanol–water partition coefficient (Wildman–Crippen LogP) is 9.26. The maximum Gasteiger partial charge on any atom is 0.120 e. The summed E-state index contributed by atoms with van der Waals surface area (Å²) in [4.78, 5) is 0. The summed E-state index contributed by atoms with van der Waals surface area (Å²) >= 11 is 0. The lowest BCUT2D eigenvalue weighted by Gasteiger charge is -2.16. The first-order chi connectivity index (χ1) is 16.7. The van der Waals surface area contributed by atoms with E-state index in [2.05, 4.69) is 44.7 Å². The molecule has 0 aliphatic rings. The Kier molecular flexibility index (Phi) is 19.8. The largest absolute Gasteiger partial charge is 0.493 e. The van der Waals surface area contributed by atoms with Gasteiger partial charge < -0.3 is 9.84 Å². The van der Waals surface area contributed by atoms with Crippen molar-refractivity contribution >= 4 is 0 Å². The quantitative estimate of drug-likeness (QED) is 0.143. The van der Waals surface area contributed by atoms with Gasteiger partial charge in [0, 0.05) is 5.56 Å². The van der Waals surface area contributed by atoms with Crippen LogP contribution in [0.3, 0.4) is 0 Å². The fourth-order valence-electron chi connectivity index (χ4n) is 4.56. The van der Waals surface area contributed by atoms with Gasteiger partial charge >= 0.3 is 0 Å². The van der Waals surface area contributed by atoms with Gasteiger partial charge in [-0.1, -0.05) is 129 Å². The number of aryl methyl sites for hydroxylation is 1. The van der Waals surface area contributed by atoms with Gasteiger partial charge in [0.2, 0.25) is 0 Å². The molecule has 1 atom stereocenters. The zero-order valence-corrected chi connectivity index (χ0v) is 22.8. The summed E-state index contributed by atoms with van der Waals surface area (Å²) < 4.78 is 6.21. The number of aliphatic hydroxyl groups excluding tert-OH is 1. The third kappa shape index (κ3) is 16.2. The third-order valence-corrected chi connectivity index (χ3v) is 6.88. The van der Waals surface area contributed by atoms with Gasteiger partial charge in [-0.25, -0.2) is 0 Å². The van der Waals surface area contributed by atoms with E-state index >= 15 is 0 Å². The Labute approximate surface area is 212 Å². The highest BCUT2D eigenvalue weighted by Gasteiger charge is 2.08. The zero-order chi connectivity index (χ0) is 24.7. The highest BCUT2D eigenvalue weighted by Crippen LogP contribution is 2.22. The van der Waals surface area contributed by atoms with Gasteiger partial charge in [0.25, 0.3) is 0 Å². The Morgan fingerprint density at radius 2 is 1.32 bits per heavy atom. The molecule has 0 aliphatic carbocycles. The van der Waals surface area contributed by atoms with Gasteiger partial charge in [-0.05, 0) is 48.9 Å². The highest BCUT2D eigenvalue weighted by molar-refractivity contribution is 5.43. The monoisotopic (exact) mass is 470 g/mol. The molecule has 1 aromatic rings. The minimum atomic E-state index is -0.103. The minimum Gasteiger partial charge on any atom is -0.493 e. The van der Waals surface area contributed by atoms with Gasteiger partial charge in [0.15, 0.2) is 0 Å². The molecule has 1 rings (SSSR count). The van der Waals surface area contributed by atoms with Gasteiger partial charge in [-0.15, -0.1) is 0 Å². The molecule has 0 bridgehead atoms.